The molecule has 0 radical (unpaired) electrons. The van der Waals surface area contributed by atoms with Crippen molar-refractivity contribution < 1.29 is 4.79 Å². The zero-order chi connectivity index (χ0) is 11.3. The molecule has 1 nitrogen and oxygen atoms in total. The van der Waals surface area contributed by atoms with Gasteiger partial charge in [0.15, 0.2) is 0 Å². The van der Waals surface area contributed by atoms with E-state index < -0.39 is 0 Å². The topological polar surface area (TPSA) is 17.1 Å². The minimum atomic E-state index is 0.389. The molecule has 0 amide bonds. The molecule has 0 aromatic carbocycles. The lowest BCUT2D eigenvalue weighted by molar-refractivity contribution is -0.125. The third kappa shape index (κ3) is 1.26. The van der Waals surface area contributed by atoms with Crippen LogP contribution in [0.3, 0.4) is 0 Å². The highest BCUT2D eigenvalue weighted by atomic mass is 16.1. The van der Waals surface area contributed by atoms with Crippen molar-refractivity contribution in [2.45, 2.75) is 39.5 Å². The molecule has 2 fully saturated rings. The van der Waals surface area contributed by atoms with E-state index in [0.29, 0.717) is 35.4 Å². The lowest BCUT2D eigenvalue weighted by Gasteiger charge is -2.23. The minimum Gasteiger partial charge on any atom is -0.299 e. The highest BCUT2D eigenvalue weighted by molar-refractivity contribution is 5.87. The van der Waals surface area contributed by atoms with E-state index in [1.807, 2.05) is 0 Å². The molecule has 3 aliphatic carbocycles. The maximum absolute atomic E-state index is 12.5. The van der Waals surface area contributed by atoms with Crippen molar-refractivity contribution >= 4 is 5.78 Å². The molecule has 2 saturated carbocycles. The Balaban J connectivity index is 1.80. The molecular formula is C15H22O. The summed E-state index contributed by atoms with van der Waals surface area (Å²) in [6, 6.07) is 0. The van der Waals surface area contributed by atoms with Gasteiger partial charge >= 0.3 is 0 Å². The minimum absolute atomic E-state index is 0.389. The monoisotopic (exact) mass is 218 g/mol. The van der Waals surface area contributed by atoms with E-state index in [1.165, 1.54) is 19.3 Å². The smallest absolute Gasteiger partial charge is 0.140 e. The molecular weight excluding hydrogens is 196 g/mol. The van der Waals surface area contributed by atoms with Crippen LogP contribution in [-0.4, -0.2) is 5.78 Å². The molecule has 0 spiro atoms. The van der Waals surface area contributed by atoms with Crippen molar-refractivity contribution in [3.05, 3.63) is 12.2 Å². The SMILES string of the molecule is CCCC[C@@H]1C(=O)C2C([C@@H]3C=C[C@H]2C3)[C@H]1C. The Labute approximate surface area is 98.3 Å². The summed E-state index contributed by atoms with van der Waals surface area (Å²) < 4.78 is 0. The van der Waals surface area contributed by atoms with Crippen LogP contribution in [0.15, 0.2) is 12.2 Å². The summed E-state index contributed by atoms with van der Waals surface area (Å²) in [6.07, 6.45) is 9.56. The fourth-order valence-corrected chi connectivity index (χ4v) is 4.58. The Morgan fingerprint density at radius 2 is 2.06 bits per heavy atom. The van der Waals surface area contributed by atoms with Crippen LogP contribution in [0, 0.1) is 35.5 Å². The van der Waals surface area contributed by atoms with Crippen molar-refractivity contribution in [1.29, 1.82) is 0 Å². The van der Waals surface area contributed by atoms with Gasteiger partial charge in [0.2, 0.25) is 0 Å². The molecule has 0 aliphatic heterocycles. The molecule has 1 heteroatoms. The largest absolute Gasteiger partial charge is 0.299 e. The maximum Gasteiger partial charge on any atom is 0.140 e. The van der Waals surface area contributed by atoms with Crippen LogP contribution in [0.1, 0.15) is 39.5 Å². The lowest BCUT2D eigenvalue weighted by Crippen LogP contribution is -2.21. The molecule has 2 bridgehead atoms. The van der Waals surface area contributed by atoms with Gasteiger partial charge in [0.25, 0.3) is 0 Å². The average molecular weight is 218 g/mol. The van der Waals surface area contributed by atoms with Gasteiger partial charge in [0.1, 0.15) is 5.78 Å². The highest BCUT2D eigenvalue weighted by Gasteiger charge is 2.57. The first kappa shape index (κ1) is 10.6. The zero-order valence-corrected chi connectivity index (χ0v) is 10.4. The molecule has 0 N–H and O–H groups in total. The molecule has 2 unspecified atom stereocenters. The first-order chi connectivity index (χ1) is 7.74. The van der Waals surface area contributed by atoms with Gasteiger partial charge in [-0.3, -0.25) is 4.79 Å². The van der Waals surface area contributed by atoms with Crippen molar-refractivity contribution in [2.24, 2.45) is 35.5 Å². The third-order valence-electron chi connectivity index (χ3n) is 5.32. The fraction of sp³-hybridized carbons (Fsp3) is 0.800. The summed E-state index contributed by atoms with van der Waals surface area (Å²) in [5.74, 6) is 4.10. The number of unbranched alkanes of at least 4 members (excludes halogenated alkanes) is 1. The number of carbonyl (C=O) groups is 1. The summed E-state index contributed by atoms with van der Waals surface area (Å²) in [7, 11) is 0. The molecule has 88 valence electrons. The van der Waals surface area contributed by atoms with Crippen molar-refractivity contribution in [3.63, 3.8) is 0 Å². The van der Waals surface area contributed by atoms with E-state index >= 15 is 0 Å². The van der Waals surface area contributed by atoms with E-state index in [-0.39, 0.29) is 0 Å². The molecule has 6 atom stereocenters. The first-order valence-electron chi connectivity index (χ1n) is 6.96. The van der Waals surface area contributed by atoms with E-state index in [0.717, 1.165) is 12.3 Å². The van der Waals surface area contributed by atoms with E-state index in [9.17, 15) is 4.79 Å². The normalized spacial score (nSPS) is 49.0. The number of hydrogen-bond donors (Lipinski definition) is 0. The van der Waals surface area contributed by atoms with E-state index in [2.05, 4.69) is 26.0 Å². The first-order valence-corrected chi connectivity index (χ1v) is 6.96. The molecule has 0 saturated heterocycles. The van der Waals surface area contributed by atoms with Gasteiger partial charge in [-0.05, 0) is 36.5 Å². The van der Waals surface area contributed by atoms with Crippen LogP contribution < -0.4 is 0 Å². The lowest BCUT2D eigenvalue weighted by atomic mass is 9.80. The second-order valence-corrected chi connectivity index (χ2v) is 6.06. The molecule has 16 heavy (non-hydrogen) atoms. The summed E-state index contributed by atoms with van der Waals surface area (Å²) in [6.45, 7) is 4.55. The number of fused-ring (bicyclic) bond motifs is 5. The van der Waals surface area contributed by atoms with Gasteiger partial charge in [-0.15, -0.1) is 0 Å². The van der Waals surface area contributed by atoms with Gasteiger partial charge in [0, 0.05) is 11.8 Å². The van der Waals surface area contributed by atoms with Crippen LogP contribution in [-0.2, 0) is 4.79 Å². The van der Waals surface area contributed by atoms with Gasteiger partial charge in [-0.1, -0.05) is 38.8 Å². The van der Waals surface area contributed by atoms with E-state index in [1.54, 1.807) is 0 Å². The van der Waals surface area contributed by atoms with Gasteiger partial charge < -0.3 is 0 Å². The maximum atomic E-state index is 12.5. The highest BCUT2D eigenvalue weighted by Crippen LogP contribution is 2.58. The van der Waals surface area contributed by atoms with Crippen molar-refractivity contribution in [3.8, 4) is 0 Å². The van der Waals surface area contributed by atoms with Crippen LogP contribution in [0.25, 0.3) is 0 Å². The molecule has 0 heterocycles. The number of hydrogen-bond acceptors (Lipinski definition) is 1. The zero-order valence-electron chi connectivity index (χ0n) is 10.4. The predicted octanol–water partition coefficient (Wildman–Crippen LogP) is 3.45. The Morgan fingerprint density at radius 3 is 2.75 bits per heavy atom. The van der Waals surface area contributed by atoms with Gasteiger partial charge in [0.05, 0.1) is 0 Å². The van der Waals surface area contributed by atoms with Crippen LogP contribution in [0.4, 0.5) is 0 Å². The number of ketones is 1. The Bertz CT molecular complexity index is 330. The van der Waals surface area contributed by atoms with E-state index in [4.69, 9.17) is 0 Å². The predicted molar refractivity (Wildman–Crippen MR) is 64.9 cm³/mol. The Morgan fingerprint density at radius 1 is 1.31 bits per heavy atom. The second kappa shape index (κ2) is 3.72. The Hall–Kier alpha value is -0.590. The van der Waals surface area contributed by atoms with Crippen LogP contribution in [0.2, 0.25) is 0 Å². The second-order valence-electron chi connectivity index (χ2n) is 6.06. The fourth-order valence-electron chi connectivity index (χ4n) is 4.58. The summed E-state index contributed by atoms with van der Waals surface area (Å²) >= 11 is 0. The van der Waals surface area contributed by atoms with Crippen LogP contribution >= 0.6 is 0 Å². The van der Waals surface area contributed by atoms with Crippen molar-refractivity contribution in [1.82, 2.24) is 0 Å². The summed E-state index contributed by atoms with van der Waals surface area (Å²) in [5, 5.41) is 0. The van der Waals surface area contributed by atoms with Gasteiger partial charge in [-0.2, -0.15) is 0 Å². The molecule has 3 aliphatic rings. The quantitative estimate of drug-likeness (QED) is 0.663. The number of Topliss-reactive ketones (excluding diaryl/α,β-unsaturated/α-hetero) is 1. The summed E-state index contributed by atoms with van der Waals surface area (Å²) in [4.78, 5) is 12.5. The number of carbonyl (C=O) groups excluding carboxylic acids is 1. The number of rotatable bonds is 3. The third-order valence-corrected chi connectivity index (χ3v) is 5.32. The summed E-state index contributed by atoms with van der Waals surface area (Å²) in [5.41, 5.74) is 0. The molecule has 0 aromatic rings. The standard InChI is InChI=1S/C15H22O/c1-3-4-5-12-9(2)13-10-6-7-11(8-10)14(13)15(12)16/h6-7,9-14H,3-5,8H2,1-2H3/t9-,10+,11-,12-,13?,14?/m0/s1. The number of allylic oxidation sites excluding steroid dienone is 2. The van der Waals surface area contributed by atoms with Gasteiger partial charge in [-0.25, -0.2) is 0 Å². The average Bonchev–Trinajstić information content (AvgIpc) is 2.92. The molecule has 3 rings (SSSR count). The van der Waals surface area contributed by atoms with Crippen LogP contribution in [0.5, 0.6) is 0 Å². The van der Waals surface area contributed by atoms with Crippen molar-refractivity contribution in [2.75, 3.05) is 0 Å². The molecule has 0 aromatic heterocycles. The Kier molecular flexibility index (Phi) is 2.45.